The van der Waals surface area contributed by atoms with E-state index in [1.807, 2.05) is 0 Å². The predicted octanol–water partition coefficient (Wildman–Crippen LogP) is 5.16. The molecule has 1 aromatic heterocycles. The topological polar surface area (TPSA) is 85.4 Å². The summed E-state index contributed by atoms with van der Waals surface area (Å²) in [6.45, 7) is 0. The van der Waals surface area contributed by atoms with Crippen LogP contribution in [0.15, 0.2) is 71.2 Å². The number of benzene rings is 2. The van der Waals surface area contributed by atoms with Gasteiger partial charge in [0, 0.05) is 34.5 Å². The number of anilines is 1. The van der Waals surface area contributed by atoms with E-state index in [4.69, 9.17) is 16.0 Å². The highest BCUT2D eigenvalue weighted by Crippen LogP contribution is 2.25. The fourth-order valence-corrected chi connectivity index (χ4v) is 2.35. The van der Waals surface area contributed by atoms with Gasteiger partial charge in [0.15, 0.2) is 0 Å². The zero-order valence-electron chi connectivity index (χ0n) is 13.4. The second kappa shape index (κ2) is 7.67. The molecule has 1 N–H and O–H groups in total. The van der Waals surface area contributed by atoms with Gasteiger partial charge < -0.3 is 9.73 Å². The van der Waals surface area contributed by atoms with Gasteiger partial charge in [-0.3, -0.25) is 14.9 Å². The lowest BCUT2D eigenvalue weighted by molar-refractivity contribution is -0.384. The normalized spacial score (nSPS) is 10.8. The molecule has 2 aromatic carbocycles. The van der Waals surface area contributed by atoms with E-state index in [-0.39, 0.29) is 11.6 Å². The maximum atomic E-state index is 11.9. The second-order valence-electron chi connectivity index (χ2n) is 5.34. The summed E-state index contributed by atoms with van der Waals surface area (Å²) < 4.78 is 5.63. The molecule has 0 atom stereocenters. The summed E-state index contributed by atoms with van der Waals surface area (Å²) in [5.41, 5.74) is 1.36. The Morgan fingerprint density at radius 1 is 1.04 bits per heavy atom. The number of nitro benzene ring substituents is 1. The van der Waals surface area contributed by atoms with Crippen molar-refractivity contribution in [3.63, 3.8) is 0 Å². The summed E-state index contributed by atoms with van der Waals surface area (Å²) in [4.78, 5) is 22.1. The molecule has 1 amide bonds. The summed E-state index contributed by atoms with van der Waals surface area (Å²) in [5, 5.41) is 14.0. The van der Waals surface area contributed by atoms with E-state index in [1.165, 1.54) is 18.2 Å². The maximum Gasteiger partial charge on any atom is 0.269 e. The number of furan rings is 1. The van der Waals surface area contributed by atoms with Gasteiger partial charge >= 0.3 is 0 Å². The molecule has 0 aliphatic heterocycles. The quantitative estimate of drug-likeness (QED) is 0.383. The molecule has 6 nitrogen and oxygen atoms in total. The van der Waals surface area contributed by atoms with Crippen molar-refractivity contribution in [1.29, 1.82) is 0 Å². The number of halogens is 1. The molecule has 0 aliphatic carbocycles. The number of carbonyl (C=O) groups excluding carboxylic acids is 1. The lowest BCUT2D eigenvalue weighted by atomic mass is 10.1. The molecule has 0 bridgehead atoms. The van der Waals surface area contributed by atoms with Gasteiger partial charge in [-0.1, -0.05) is 11.6 Å². The highest BCUT2D eigenvalue weighted by Gasteiger charge is 2.08. The molecule has 3 aromatic rings. The predicted molar refractivity (Wildman–Crippen MR) is 99.9 cm³/mol. The van der Waals surface area contributed by atoms with E-state index >= 15 is 0 Å². The van der Waals surface area contributed by atoms with Crippen molar-refractivity contribution in [1.82, 2.24) is 0 Å². The highest BCUT2D eigenvalue weighted by atomic mass is 35.5. The number of hydrogen-bond acceptors (Lipinski definition) is 4. The monoisotopic (exact) mass is 368 g/mol. The van der Waals surface area contributed by atoms with Gasteiger partial charge in [-0.05, 0) is 54.6 Å². The van der Waals surface area contributed by atoms with Crippen LogP contribution in [0.2, 0.25) is 5.02 Å². The molecule has 0 aliphatic rings. The van der Waals surface area contributed by atoms with Gasteiger partial charge in [-0.25, -0.2) is 0 Å². The summed E-state index contributed by atoms with van der Waals surface area (Å²) in [7, 11) is 0. The molecule has 0 radical (unpaired) electrons. The Morgan fingerprint density at radius 2 is 1.73 bits per heavy atom. The average molecular weight is 369 g/mol. The highest BCUT2D eigenvalue weighted by molar-refractivity contribution is 6.30. The van der Waals surface area contributed by atoms with Crippen molar-refractivity contribution >= 4 is 35.0 Å². The molecule has 0 saturated carbocycles. The number of non-ortho nitro benzene ring substituents is 1. The molecule has 0 saturated heterocycles. The third-order valence-electron chi connectivity index (χ3n) is 3.50. The number of rotatable bonds is 5. The van der Waals surface area contributed by atoms with Crippen LogP contribution in [0.5, 0.6) is 0 Å². The molecule has 0 fully saturated rings. The maximum absolute atomic E-state index is 11.9. The largest absolute Gasteiger partial charge is 0.457 e. The number of nitrogens with zero attached hydrogens (tertiary/aromatic N) is 1. The van der Waals surface area contributed by atoms with Crippen molar-refractivity contribution in [2.45, 2.75) is 0 Å². The van der Waals surface area contributed by atoms with Crippen LogP contribution in [0, 0.1) is 10.1 Å². The van der Waals surface area contributed by atoms with Crippen LogP contribution >= 0.6 is 11.6 Å². The van der Waals surface area contributed by atoms with Crippen molar-refractivity contribution in [2.24, 2.45) is 0 Å². The zero-order valence-corrected chi connectivity index (χ0v) is 14.1. The molecule has 1 heterocycles. The minimum atomic E-state index is -0.459. The van der Waals surface area contributed by atoms with E-state index in [9.17, 15) is 14.9 Å². The van der Waals surface area contributed by atoms with E-state index in [0.29, 0.717) is 27.8 Å². The molecule has 26 heavy (non-hydrogen) atoms. The number of amides is 1. The summed E-state index contributed by atoms with van der Waals surface area (Å²) in [6.07, 6.45) is 2.90. The first-order valence-corrected chi connectivity index (χ1v) is 7.98. The first-order valence-electron chi connectivity index (χ1n) is 7.60. The second-order valence-corrected chi connectivity index (χ2v) is 5.77. The lowest BCUT2D eigenvalue weighted by Gasteiger charge is -2.01. The number of nitrogens with one attached hydrogen (secondary N) is 1. The number of nitro groups is 1. The minimum Gasteiger partial charge on any atom is -0.457 e. The third-order valence-corrected chi connectivity index (χ3v) is 3.75. The van der Waals surface area contributed by atoms with Crippen LogP contribution < -0.4 is 5.32 Å². The Hall–Kier alpha value is -3.38. The fraction of sp³-hybridized carbons (Fsp3) is 0. The molecule has 0 unspecified atom stereocenters. The van der Waals surface area contributed by atoms with Crippen molar-refractivity contribution in [3.05, 3.63) is 87.6 Å². The van der Waals surface area contributed by atoms with Gasteiger partial charge in [-0.2, -0.15) is 0 Å². The minimum absolute atomic E-state index is 0.0132. The fourth-order valence-electron chi connectivity index (χ4n) is 2.22. The van der Waals surface area contributed by atoms with Crippen LogP contribution in [-0.4, -0.2) is 10.8 Å². The molecular formula is C19H13ClN2O4. The van der Waals surface area contributed by atoms with Gasteiger partial charge in [0.05, 0.1) is 4.92 Å². The number of carbonyl (C=O) groups is 1. The first-order chi connectivity index (χ1) is 12.5. The number of hydrogen-bond donors (Lipinski definition) is 1. The summed E-state index contributed by atoms with van der Waals surface area (Å²) in [6, 6.07) is 16.3. The van der Waals surface area contributed by atoms with Crippen LogP contribution in [0.4, 0.5) is 11.4 Å². The van der Waals surface area contributed by atoms with Gasteiger partial charge in [0.2, 0.25) is 5.91 Å². The van der Waals surface area contributed by atoms with Crippen molar-refractivity contribution in [3.8, 4) is 11.3 Å². The Balaban J connectivity index is 1.65. The lowest BCUT2D eigenvalue weighted by Crippen LogP contribution is -2.07. The van der Waals surface area contributed by atoms with Crippen LogP contribution in [0.3, 0.4) is 0 Å². The van der Waals surface area contributed by atoms with Crippen molar-refractivity contribution < 1.29 is 14.1 Å². The average Bonchev–Trinajstić information content (AvgIpc) is 3.11. The third kappa shape index (κ3) is 4.37. The van der Waals surface area contributed by atoms with E-state index < -0.39 is 4.92 Å². The molecule has 3 rings (SSSR count). The smallest absolute Gasteiger partial charge is 0.269 e. The van der Waals surface area contributed by atoms with Crippen LogP contribution in [0.1, 0.15) is 5.76 Å². The summed E-state index contributed by atoms with van der Waals surface area (Å²) >= 11 is 5.79. The van der Waals surface area contributed by atoms with Gasteiger partial charge in [0.1, 0.15) is 11.5 Å². The SMILES string of the molecule is O=C(C=Cc1ccc(-c2ccc([N+](=O)[O-])cc2)o1)Nc1ccc(Cl)cc1. The molecule has 130 valence electrons. The summed E-state index contributed by atoms with van der Waals surface area (Å²) in [5.74, 6) is 0.739. The van der Waals surface area contributed by atoms with Crippen molar-refractivity contribution in [2.75, 3.05) is 5.32 Å². The van der Waals surface area contributed by atoms with Crippen LogP contribution in [0.25, 0.3) is 17.4 Å². The van der Waals surface area contributed by atoms with Crippen LogP contribution in [-0.2, 0) is 4.79 Å². The Labute approximate surface area is 153 Å². The van der Waals surface area contributed by atoms with E-state index in [2.05, 4.69) is 5.32 Å². The molecule has 7 heteroatoms. The Bertz CT molecular complexity index is 960. The zero-order chi connectivity index (χ0) is 18.5. The van der Waals surface area contributed by atoms with E-state index in [0.717, 1.165) is 0 Å². The Kier molecular flexibility index (Phi) is 5.15. The molecule has 0 spiro atoms. The van der Waals surface area contributed by atoms with Gasteiger partial charge in [0.25, 0.3) is 5.69 Å². The molecular weight excluding hydrogens is 356 g/mol. The standard InChI is InChI=1S/C19H13ClN2O4/c20-14-3-5-15(6-4-14)21-19(23)12-10-17-9-11-18(26-17)13-1-7-16(8-2-13)22(24)25/h1-12H,(H,21,23). The van der Waals surface area contributed by atoms with E-state index in [1.54, 1.807) is 54.6 Å². The Morgan fingerprint density at radius 3 is 2.38 bits per heavy atom. The first kappa shape index (κ1) is 17.4. The van der Waals surface area contributed by atoms with Gasteiger partial charge in [-0.15, -0.1) is 0 Å².